The van der Waals surface area contributed by atoms with Crippen LogP contribution in [-0.4, -0.2) is 55.7 Å². The van der Waals surface area contributed by atoms with E-state index in [2.05, 4.69) is 5.32 Å². The summed E-state index contributed by atoms with van der Waals surface area (Å²) < 4.78 is 24.5. The summed E-state index contributed by atoms with van der Waals surface area (Å²) in [5.41, 5.74) is 0. The van der Waals surface area contributed by atoms with Gasteiger partial charge >= 0.3 is 0 Å². The second-order valence-electron chi connectivity index (χ2n) is 5.95. The molecule has 2 rings (SSSR count). The highest BCUT2D eigenvalue weighted by Crippen LogP contribution is 2.26. The van der Waals surface area contributed by atoms with Crippen LogP contribution >= 0.6 is 0 Å². The van der Waals surface area contributed by atoms with Gasteiger partial charge in [0.15, 0.2) is 0 Å². The Morgan fingerprint density at radius 1 is 1.30 bits per heavy atom. The molecule has 1 saturated carbocycles. The van der Waals surface area contributed by atoms with Gasteiger partial charge in [0.05, 0.1) is 12.2 Å². The Morgan fingerprint density at radius 3 is 2.70 bits per heavy atom. The molecule has 3 atom stereocenters. The molecule has 1 heterocycles. The Hall–Kier alpha value is -0.660. The molecule has 0 aromatic carbocycles. The Balaban J connectivity index is 1.92. The van der Waals surface area contributed by atoms with E-state index >= 15 is 0 Å². The Morgan fingerprint density at radius 2 is 2.05 bits per heavy atom. The summed E-state index contributed by atoms with van der Waals surface area (Å²) in [7, 11) is -3.22. The first-order valence-corrected chi connectivity index (χ1v) is 9.13. The molecule has 20 heavy (non-hydrogen) atoms. The number of aliphatic hydroxyl groups is 1. The molecule has 1 saturated heterocycles. The second kappa shape index (κ2) is 6.41. The SMILES string of the molecule is CS(=O)(=O)N1CCCC(C(=O)NC2CCCC2CO)C1. The number of carbonyl (C=O) groups is 1. The molecule has 3 unspecified atom stereocenters. The summed E-state index contributed by atoms with van der Waals surface area (Å²) in [4.78, 5) is 12.3. The average Bonchev–Trinajstić information content (AvgIpc) is 2.85. The molecule has 2 N–H and O–H groups in total. The maximum atomic E-state index is 12.3. The molecule has 7 heteroatoms. The number of rotatable bonds is 4. The van der Waals surface area contributed by atoms with Gasteiger partial charge in [-0.3, -0.25) is 4.79 Å². The van der Waals surface area contributed by atoms with Crippen molar-refractivity contribution >= 4 is 15.9 Å². The zero-order valence-corrected chi connectivity index (χ0v) is 12.7. The van der Waals surface area contributed by atoms with Crippen molar-refractivity contribution in [3.05, 3.63) is 0 Å². The summed E-state index contributed by atoms with van der Waals surface area (Å²) in [5.74, 6) is -0.185. The van der Waals surface area contributed by atoms with E-state index in [1.165, 1.54) is 10.6 Å². The van der Waals surface area contributed by atoms with Gasteiger partial charge in [0.2, 0.25) is 15.9 Å². The highest BCUT2D eigenvalue weighted by molar-refractivity contribution is 7.88. The molecule has 1 amide bonds. The Bertz CT molecular complexity index is 451. The monoisotopic (exact) mass is 304 g/mol. The first-order valence-electron chi connectivity index (χ1n) is 7.28. The van der Waals surface area contributed by atoms with Gasteiger partial charge in [-0.05, 0) is 25.7 Å². The van der Waals surface area contributed by atoms with Gasteiger partial charge in [-0.25, -0.2) is 12.7 Å². The van der Waals surface area contributed by atoms with Gasteiger partial charge in [0.1, 0.15) is 0 Å². The van der Waals surface area contributed by atoms with E-state index in [0.717, 1.165) is 32.1 Å². The third-order valence-corrected chi connectivity index (χ3v) is 5.71. The first-order chi connectivity index (χ1) is 9.41. The smallest absolute Gasteiger partial charge is 0.224 e. The number of nitrogens with one attached hydrogen (secondary N) is 1. The third-order valence-electron chi connectivity index (χ3n) is 4.45. The van der Waals surface area contributed by atoms with E-state index in [4.69, 9.17) is 0 Å². The molecule has 1 aliphatic heterocycles. The number of hydrogen-bond acceptors (Lipinski definition) is 4. The number of piperidine rings is 1. The van der Waals surface area contributed by atoms with Crippen LogP contribution < -0.4 is 5.32 Å². The molecular weight excluding hydrogens is 280 g/mol. The van der Waals surface area contributed by atoms with Crippen LogP contribution in [-0.2, 0) is 14.8 Å². The first kappa shape index (κ1) is 15.7. The molecule has 0 aromatic rings. The topological polar surface area (TPSA) is 86.7 Å². The molecule has 0 bridgehead atoms. The molecular formula is C13H24N2O4S. The van der Waals surface area contributed by atoms with Gasteiger partial charge in [0.25, 0.3) is 0 Å². The van der Waals surface area contributed by atoms with Crippen molar-refractivity contribution in [2.24, 2.45) is 11.8 Å². The van der Waals surface area contributed by atoms with Crippen molar-refractivity contribution < 1.29 is 18.3 Å². The maximum absolute atomic E-state index is 12.3. The van der Waals surface area contributed by atoms with Gasteiger partial charge in [-0.15, -0.1) is 0 Å². The lowest BCUT2D eigenvalue weighted by Crippen LogP contribution is -2.48. The summed E-state index contributed by atoms with van der Waals surface area (Å²) in [6, 6.07) is 0.0427. The molecule has 0 aromatic heterocycles. The largest absolute Gasteiger partial charge is 0.396 e. The lowest BCUT2D eigenvalue weighted by atomic mass is 9.97. The molecule has 0 radical (unpaired) electrons. The summed E-state index contributed by atoms with van der Waals surface area (Å²) in [6.45, 7) is 0.886. The van der Waals surface area contributed by atoms with Gasteiger partial charge in [0, 0.05) is 31.7 Å². The number of sulfonamides is 1. The fraction of sp³-hybridized carbons (Fsp3) is 0.923. The van der Waals surface area contributed by atoms with Gasteiger partial charge in [-0.2, -0.15) is 0 Å². The highest BCUT2D eigenvalue weighted by atomic mass is 32.2. The fourth-order valence-corrected chi connectivity index (χ4v) is 4.12. The predicted octanol–water partition coefficient (Wildman–Crippen LogP) is -0.0648. The summed E-state index contributed by atoms with van der Waals surface area (Å²) in [6.07, 6.45) is 5.51. The fourth-order valence-electron chi connectivity index (χ4n) is 3.20. The van der Waals surface area contributed by atoms with E-state index in [1.54, 1.807) is 0 Å². The van der Waals surface area contributed by atoms with Crippen LogP contribution in [0.4, 0.5) is 0 Å². The van der Waals surface area contributed by atoms with Crippen molar-refractivity contribution in [2.45, 2.75) is 38.1 Å². The summed E-state index contributed by atoms with van der Waals surface area (Å²) in [5, 5.41) is 12.3. The number of nitrogens with zero attached hydrogens (tertiary/aromatic N) is 1. The second-order valence-corrected chi connectivity index (χ2v) is 7.93. The van der Waals surface area contributed by atoms with Crippen LogP contribution in [0, 0.1) is 11.8 Å². The Kier molecular flexibility index (Phi) is 5.04. The van der Waals surface area contributed by atoms with Crippen LogP contribution in [0.25, 0.3) is 0 Å². The Labute approximate surface area is 120 Å². The van der Waals surface area contributed by atoms with Crippen LogP contribution in [0.1, 0.15) is 32.1 Å². The summed E-state index contributed by atoms with van der Waals surface area (Å²) >= 11 is 0. The minimum Gasteiger partial charge on any atom is -0.396 e. The predicted molar refractivity (Wildman–Crippen MR) is 75.5 cm³/mol. The van der Waals surface area contributed by atoms with Crippen molar-refractivity contribution in [3.63, 3.8) is 0 Å². The minimum absolute atomic E-state index is 0.0427. The van der Waals surface area contributed by atoms with Gasteiger partial charge < -0.3 is 10.4 Å². The normalized spacial score (nSPS) is 32.2. The van der Waals surface area contributed by atoms with Crippen molar-refractivity contribution in [3.8, 4) is 0 Å². The van der Waals surface area contributed by atoms with Crippen LogP contribution in [0.15, 0.2) is 0 Å². The molecule has 6 nitrogen and oxygen atoms in total. The highest BCUT2D eigenvalue weighted by Gasteiger charge is 2.33. The van der Waals surface area contributed by atoms with Crippen LogP contribution in [0.5, 0.6) is 0 Å². The minimum atomic E-state index is -3.22. The van der Waals surface area contributed by atoms with E-state index < -0.39 is 10.0 Å². The van der Waals surface area contributed by atoms with E-state index in [9.17, 15) is 18.3 Å². The van der Waals surface area contributed by atoms with Crippen molar-refractivity contribution in [2.75, 3.05) is 26.0 Å². The quantitative estimate of drug-likeness (QED) is 0.761. The molecule has 2 fully saturated rings. The molecule has 116 valence electrons. The van der Waals surface area contributed by atoms with E-state index in [1.807, 2.05) is 0 Å². The van der Waals surface area contributed by atoms with Crippen molar-refractivity contribution in [1.29, 1.82) is 0 Å². The number of carbonyl (C=O) groups excluding carboxylic acids is 1. The zero-order valence-electron chi connectivity index (χ0n) is 11.9. The molecule has 0 spiro atoms. The van der Waals surface area contributed by atoms with E-state index in [-0.39, 0.29) is 36.9 Å². The van der Waals surface area contributed by atoms with Crippen molar-refractivity contribution in [1.82, 2.24) is 9.62 Å². The average molecular weight is 304 g/mol. The lowest BCUT2D eigenvalue weighted by Gasteiger charge is -2.31. The van der Waals surface area contributed by atoms with E-state index in [0.29, 0.717) is 6.54 Å². The molecule has 2 aliphatic rings. The molecule has 1 aliphatic carbocycles. The zero-order chi connectivity index (χ0) is 14.8. The number of amides is 1. The van der Waals surface area contributed by atoms with Gasteiger partial charge in [-0.1, -0.05) is 6.42 Å². The maximum Gasteiger partial charge on any atom is 0.224 e. The lowest BCUT2D eigenvalue weighted by molar-refractivity contribution is -0.127. The third kappa shape index (κ3) is 3.71. The van der Waals surface area contributed by atoms with Crippen LogP contribution in [0.3, 0.4) is 0 Å². The standard InChI is InChI=1S/C13H24N2O4S/c1-20(18,19)15-7-3-5-10(8-15)13(17)14-12-6-2-4-11(12)9-16/h10-12,16H,2-9H2,1H3,(H,14,17). The number of hydrogen-bond donors (Lipinski definition) is 2. The van der Waals surface area contributed by atoms with Crippen LogP contribution in [0.2, 0.25) is 0 Å². The number of aliphatic hydroxyl groups excluding tert-OH is 1.